The number of carbonyl (C=O) groups is 1. The van der Waals surface area contributed by atoms with Gasteiger partial charge in [-0.1, -0.05) is 19.6 Å². The first kappa shape index (κ1) is 14.2. The molecule has 1 aliphatic rings. The van der Waals surface area contributed by atoms with Crippen LogP contribution in [0, 0.1) is 0 Å². The minimum Gasteiger partial charge on any atom is -0.466 e. The molecule has 1 saturated heterocycles. The van der Waals surface area contributed by atoms with Gasteiger partial charge in [-0.3, -0.25) is 0 Å². The maximum absolute atomic E-state index is 11.4. The van der Waals surface area contributed by atoms with E-state index in [1.54, 1.807) is 6.08 Å². The van der Waals surface area contributed by atoms with E-state index in [2.05, 4.69) is 24.5 Å². The van der Waals surface area contributed by atoms with Gasteiger partial charge < -0.3 is 14.4 Å². The molecule has 1 rings (SSSR count). The van der Waals surface area contributed by atoms with Crippen molar-refractivity contribution in [1.82, 2.24) is 4.90 Å². The van der Waals surface area contributed by atoms with Crippen LogP contribution >= 0.6 is 0 Å². The Morgan fingerprint density at radius 3 is 2.41 bits per heavy atom. The number of allylic oxidation sites excluding steroid dienone is 1. The van der Waals surface area contributed by atoms with Gasteiger partial charge in [-0.15, -0.1) is 0 Å². The van der Waals surface area contributed by atoms with Crippen LogP contribution in [0.2, 0.25) is 25.7 Å². The van der Waals surface area contributed by atoms with Gasteiger partial charge in [-0.05, 0) is 6.04 Å². The average Bonchev–Trinajstić information content (AvgIpc) is 2.27. The Morgan fingerprint density at radius 1 is 1.35 bits per heavy atom. The van der Waals surface area contributed by atoms with Crippen molar-refractivity contribution in [3.63, 3.8) is 0 Å². The van der Waals surface area contributed by atoms with E-state index < -0.39 is 8.07 Å². The number of hydrogen-bond donors (Lipinski definition) is 0. The molecule has 1 aliphatic heterocycles. The van der Waals surface area contributed by atoms with E-state index in [1.807, 2.05) is 0 Å². The van der Waals surface area contributed by atoms with Crippen molar-refractivity contribution in [3.8, 4) is 0 Å². The molecule has 0 aromatic carbocycles. The Kier molecular flexibility index (Phi) is 5.20. The molecule has 5 heteroatoms. The van der Waals surface area contributed by atoms with Gasteiger partial charge in [-0.2, -0.15) is 0 Å². The van der Waals surface area contributed by atoms with E-state index in [-0.39, 0.29) is 5.97 Å². The largest absolute Gasteiger partial charge is 0.466 e. The summed E-state index contributed by atoms with van der Waals surface area (Å²) in [4.78, 5) is 13.7. The van der Waals surface area contributed by atoms with Gasteiger partial charge in [0, 0.05) is 24.9 Å². The Balaban J connectivity index is 2.77. The normalized spacial score (nSPS) is 18.1. The monoisotopic (exact) mass is 257 g/mol. The Bertz CT molecular complexity index is 291. The smallest absolute Gasteiger partial charge is 0.332 e. The number of hydrogen-bond acceptors (Lipinski definition) is 4. The second kappa shape index (κ2) is 6.21. The molecule has 1 fully saturated rings. The number of ether oxygens (including phenoxy) is 2. The first-order chi connectivity index (χ1) is 7.92. The fraction of sp³-hybridized carbons (Fsp3) is 0.750. The number of carbonyl (C=O) groups excluding carboxylic acids is 1. The average molecular weight is 257 g/mol. The second-order valence-corrected chi connectivity index (χ2v) is 11.0. The minimum atomic E-state index is -1.24. The van der Waals surface area contributed by atoms with Crippen LogP contribution in [-0.2, 0) is 14.3 Å². The van der Waals surface area contributed by atoms with Crippen molar-refractivity contribution in [2.45, 2.75) is 25.7 Å². The number of methoxy groups -OCH3 is 1. The molecule has 0 unspecified atom stereocenters. The van der Waals surface area contributed by atoms with Crippen LogP contribution < -0.4 is 0 Å². The van der Waals surface area contributed by atoms with Crippen molar-refractivity contribution < 1.29 is 14.3 Å². The third-order valence-electron chi connectivity index (χ3n) is 2.61. The van der Waals surface area contributed by atoms with E-state index >= 15 is 0 Å². The van der Waals surface area contributed by atoms with Crippen LogP contribution in [0.25, 0.3) is 0 Å². The lowest BCUT2D eigenvalue weighted by molar-refractivity contribution is -0.135. The number of nitrogens with zero attached hydrogens (tertiary/aromatic N) is 1. The molecule has 0 atom stereocenters. The first-order valence-electron chi connectivity index (χ1n) is 6.03. The SMILES string of the molecule is COC(=O)/C=C(\C[Si](C)(C)C)N1CCOCC1. The molecule has 0 spiro atoms. The fourth-order valence-electron chi connectivity index (χ4n) is 1.84. The Hall–Kier alpha value is -0.813. The zero-order valence-corrected chi connectivity index (χ0v) is 12.3. The number of esters is 1. The van der Waals surface area contributed by atoms with Crippen molar-refractivity contribution in [2.75, 3.05) is 33.4 Å². The molecular formula is C12H23NO3Si. The van der Waals surface area contributed by atoms with Crippen molar-refractivity contribution >= 4 is 14.0 Å². The minimum absolute atomic E-state index is 0.259. The van der Waals surface area contributed by atoms with E-state index in [1.165, 1.54) is 7.11 Å². The highest BCUT2D eigenvalue weighted by atomic mass is 28.3. The van der Waals surface area contributed by atoms with Gasteiger partial charge >= 0.3 is 5.97 Å². The lowest BCUT2D eigenvalue weighted by Gasteiger charge is -2.33. The summed E-state index contributed by atoms with van der Waals surface area (Å²) in [5, 5.41) is 0. The van der Waals surface area contributed by atoms with Gasteiger partial charge in [-0.25, -0.2) is 4.79 Å². The summed E-state index contributed by atoms with van der Waals surface area (Å²) in [6.45, 7) is 10.1. The number of morpholine rings is 1. The van der Waals surface area contributed by atoms with Crippen LogP contribution in [0.4, 0.5) is 0 Å². The van der Waals surface area contributed by atoms with Crippen LogP contribution in [0.15, 0.2) is 11.8 Å². The van der Waals surface area contributed by atoms with Gasteiger partial charge in [0.1, 0.15) is 0 Å². The zero-order chi connectivity index (χ0) is 12.9. The highest BCUT2D eigenvalue weighted by molar-refractivity contribution is 6.76. The third kappa shape index (κ3) is 5.36. The first-order valence-corrected chi connectivity index (χ1v) is 9.74. The Labute approximate surface area is 105 Å². The lowest BCUT2D eigenvalue weighted by Crippen LogP contribution is -2.38. The van der Waals surface area contributed by atoms with Gasteiger partial charge in [0.25, 0.3) is 0 Å². The quantitative estimate of drug-likeness (QED) is 0.437. The highest BCUT2D eigenvalue weighted by Crippen LogP contribution is 2.20. The summed E-state index contributed by atoms with van der Waals surface area (Å²) in [6, 6.07) is 1.00. The van der Waals surface area contributed by atoms with E-state index in [4.69, 9.17) is 9.47 Å². The van der Waals surface area contributed by atoms with Crippen LogP contribution in [0.5, 0.6) is 0 Å². The molecule has 0 aromatic rings. The topological polar surface area (TPSA) is 38.8 Å². The summed E-state index contributed by atoms with van der Waals surface area (Å²) < 4.78 is 10.1. The van der Waals surface area contributed by atoms with Crippen molar-refractivity contribution in [3.05, 3.63) is 11.8 Å². The van der Waals surface area contributed by atoms with Gasteiger partial charge in [0.2, 0.25) is 0 Å². The molecule has 4 nitrogen and oxygen atoms in total. The standard InChI is InChI=1S/C12H23NO3Si/c1-15-12(14)9-11(10-17(2,3)4)13-5-7-16-8-6-13/h9H,5-8,10H2,1-4H3/b11-9+. The number of rotatable bonds is 4. The van der Waals surface area contributed by atoms with Crippen LogP contribution in [-0.4, -0.2) is 52.4 Å². The summed E-state index contributed by atoms with van der Waals surface area (Å²) in [5.74, 6) is -0.259. The summed E-state index contributed by atoms with van der Waals surface area (Å²) in [5.41, 5.74) is 1.11. The predicted molar refractivity (Wildman–Crippen MR) is 70.6 cm³/mol. The van der Waals surface area contributed by atoms with Crippen LogP contribution in [0.1, 0.15) is 0 Å². The van der Waals surface area contributed by atoms with Crippen molar-refractivity contribution in [1.29, 1.82) is 0 Å². The second-order valence-electron chi connectivity index (χ2n) is 5.50. The van der Waals surface area contributed by atoms with Crippen molar-refractivity contribution in [2.24, 2.45) is 0 Å². The van der Waals surface area contributed by atoms with E-state index in [0.717, 1.165) is 38.0 Å². The van der Waals surface area contributed by atoms with Gasteiger partial charge in [0.15, 0.2) is 0 Å². The molecule has 0 saturated carbocycles. The molecule has 0 amide bonds. The highest BCUT2D eigenvalue weighted by Gasteiger charge is 2.22. The molecule has 98 valence electrons. The lowest BCUT2D eigenvalue weighted by atomic mass is 10.3. The maximum atomic E-state index is 11.4. The van der Waals surface area contributed by atoms with Gasteiger partial charge in [0.05, 0.1) is 28.4 Å². The molecule has 17 heavy (non-hydrogen) atoms. The molecule has 0 aliphatic carbocycles. The summed E-state index contributed by atoms with van der Waals surface area (Å²) >= 11 is 0. The molecule has 0 radical (unpaired) electrons. The predicted octanol–water partition coefficient (Wildman–Crippen LogP) is 1.71. The fourth-order valence-corrected chi connectivity index (χ4v) is 3.26. The summed E-state index contributed by atoms with van der Waals surface area (Å²) in [7, 11) is 0.179. The van der Waals surface area contributed by atoms with E-state index in [9.17, 15) is 4.79 Å². The summed E-state index contributed by atoms with van der Waals surface area (Å²) in [6.07, 6.45) is 1.64. The molecule has 0 bridgehead atoms. The molecular weight excluding hydrogens is 234 g/mol. The molecule has 1 heterocycles. The van der Waals surface area contributed by atoms with E-state index in [0.29, 0.717) is 0 Å². The molecule has 0 N–H and O–H groups in total. The maximum Gasteiger partial charge on any atom is 0.332 e. The molecule has 0 aromatic heterocycles. The Morgan fingerprint density at radius 2 is 1.94 bits per heavy atom. The van der Waals surface area contributed by atoms with Crippen LogP contribution in [0.3, 0.4) is 0 Å². The third-order valence-corrected chi connectivity index (χ3v) is 4.04. The zero-order valence-electron chi connectivity index (χ0n) is 11.3.